The zero-order chi connectivity index (χ0) is 50.9. The van der Waals surface area contributed by atoms with Gasteiger partial charge in [-0.2, -0.15) is 0 Å². The summed E-state index contributed by atoms with van der Waals surface area (Å²) in [5, 5.41) is 0. The van der Waals surface area contributed by atoms with Crippen molar-refractivity contribution in [1.82, 2.24) is 0 Å². The summed E-state index contributed by atoms with van der Waals surface area (Å²) in [6.07, 6.45) is 65.3. The van der Waals surface area contributed by atoms with Crippen LogP contribution in [0, 0.1) is 5.92 Å². The first kappa shape index (κ1) is 68.4. The van der Waals surface area contributed by atoms with E-state index in [4.69, 9.17) is 14.2 Å². The molecule has 0 aromatic carbocycles. The van der Waals surface area contributed by atoms with Crippen molar-refractivity contribution < 1.29 is 28.6 Å². The summed E-state index contributed by atoms with van der Waals surface area (Å²) in [5.74, 6) is 0.0310. The Morgan fingerprint density at radius 3 is 0.700 bits per heavy atom. The van der Waals surface area contributed by atoms with Gasteiger partial charge in [-0.1, -0.05) is 329 Å². The molecule has 6 nitrogen and oxygen atoms in total. The normalized spacial score (nSPS) is 12.0. The second-order valence-electron chi connectivity index (χ2n) is 22.5. The maximum atomic E-state index is 12.9. The van der Waals surface area contributed by atoms with Crippen molar-refractivity contribution in [2.45, 2.75) is 374 Å². The molecule has 0 rings (SSSR count). The van der Waals surface area contributed by atoms with Gasteiger partial charge in [-0.3, -0.25) is 14.4 Å². The maximum Gasteiger partial charge on any atom is 0.306 e. The number of hydrogen-bond acceptors (Lipinski definition) is 6. The molecule has 0 saturated carbocycles. The smallest absolute Gasteiger partial charge is 0.306 e. The molecule has 6 heteroatoms. The summed E-state index contributed by atoms with van der Waals surface area (Å²) in [6.45, 7) is 9.10. The van der Waals surface area contributed by atoms with Crippen molar-refractivity contribution in [3.63, 3.8) is 0 Å². The van der Waals surface area contributed by atoms with Crippen molar-refractivity contribution in [1.29, 1.82) is 0 Å². The minimum Gasteiger partial charge on any atom is -0.462 e. The van der Waals surface area contributed by atoms with E-state index in [0.717, 1.165) is 63.7 Å². The Bertz CT molecular complexity index is 1060. The molecule has 0 aromatic heterocycles. The van der Waals surface area contributed by atoms with Crippen molar-refractivity contribution in [2.24, 2.45) is 5.92 Å². The Morgan fingerprint density at radius 1 is 0.271 bits per heavy atom. The Hall–Kier alpha value is -1.59. The summed E-state index contributed by atoms with van der Waals surface area (Å²) < 4.78 is 17.0. The van der Waals surface area contributed by atoms with Crippen LogP contribution in [-0.2, 0) is 28.6 Å². The highest BCUT2D eigenvalue weighted by Gasteiger charge is 2.19. The van der Waals surface area contributed by atoms with E-state index < -0.39 is 6.10 Å². The summed E-state index contributed by atoms with van der Waals surface area (Å²) in [5.41, 5.74) is 0. The van der Waals surface area contributed by atoms with Crippen molar-refractivity contribution >= 4 is 17.9 Å². The van der Waals surface area contributed by atoms with E-state index >= 15 is 0 Å². The standard InChI is InChI=1S/C64H124O6/c1-5-7-9-11-13-15-17-19-21-24-28-32-36-40-44-48-52-56-63(66)69-59-61(58-68-62(65)55-51-47-43-39-35-31-20-18-16-14-12-10-8-6-2)70-64(67)57-53-49-45-41-37-33-29-26-23-22-25-27-30-34-38-42-46-50-54-60(3)4/h60-61H,5-59H2,1-4H3/t61-/m0/s1. The van der Waals surface area contributed by atoms with E-state index in [2.05, 4.69) is 27.7 Å². The monoisotopic (exact) mass is 989 g/mol. The SMILES string of the molecule is CCCCCCCCCCCCCCCCCCCC(=O)OC[C@H](COC(=O)CCCCCCCCCCCCCCCC)OC(=O)CCCCCCCCCCCCCCCCCCCCC(C)C. The van der Waals surface area contributed by atoms with Gasteiger partial charge in [0.05, 0.1) is 0 Å². The molecule has 0 aliphatic carbocycles. The van der Waals surface area contributed by atoms with Crippen LogP contribution in [0.5, 0.6) is 0 Å². The predicted octanol–water partition coefficient (Wildman–Crippen LogP) is 21.4. The molecule has 70 heavy (non-hydrogen) atoms. The summed E-state index contributed by atoms with van der Waals surface area (Å²) >= 11 is 0. The van der Waals surface area contributed by atoms with Crippen LogP contribution >= 0.6 is 0 Å². The van der Waals surface area contributed by atoms with Gasteiger partial charge in [-0.15, -0.1) is 0 Å². The van der Waals surface area contributed by atoms with E-state index in [1.165, 1.54) is 263 Å². The summed E-state index contributed by atoms with van der Waals surface area (Å²) in [6, 6.07) is 0. The van der Waals surface area contributed by atoms with Crippen LogP contribution in [0.4, 0.5) is 0 Å². The highest BCUT2D eigenvalue weighted by molar-refractivity contribution is 5.71. The Morgan fingerprint density at radius 2 is 0.471 bits per heavy atom. The first-order chi connectivity index (χ1) is 34.4. The van der Waals surface area contributed by atoms with E-state index in [1.54, 1.807) is 0 Å². The lowest BCUT2D eigenvalue weighted by Crippen LogP contribution is -2.30. The van der Waals surface area contributed by atoms with Crippen LogP contribution in [-0.4, -0.2) is 37.2 Å². The van der Waals surface area contributed by atoms with E-state index in [9.17, 15) is 14.4 Å². The highest BCUT2D eigenvalue weighted by Crippen LogP contribution is 2.19. The quantitative estimate of drug-likeness (QED) is 0.0343. The molecule has 1 atom stereocenters. The van der Waals surface area contributed by atoms with E-state index in [1.807, 2.05) is 0 Å². The van der Waals surface area contributed by atoms with E-state index in [-0.39, 0.29) is 31.1 Å². The van der Waals surface area contributed by atoms with Gasteiger partial charge in [0.1, 0.15) is 13.2 Å². The molecule has 0 aromatic rings. The number of carbonyl (C=O) groups is 3. The number of rotatable bonds is 59. The van der Waals surface area contributed by atoms with Crippen molar-refractivity contribution in [3.8, 4) is 0 Å². The third-order valence-electron chi connectivity index (χ3n) is 14.8. The van der Waals surface area contributed by atoms with Gasteiger partial charge in [-0.05, 0) is 25.2 Å². The lowest BCUT2D eigenvalue weighted by molar-refractivity contribution is -0.167. The Balaban J connectivity index is 4.26. The molecule has 0 unspecified atom stereocenters. The summed E-state index contributed by atoms with van der Waals surface area (Å²) in [4.78, 5) is 38.3. The lowest BCUT2D eigenvalue weighted by Gasteiger charge is -2.18. The number of esters is 3. The van der Waals surface area contributed by atoms with Gasteiger partial charge < -0.3 is 14.2 Å². The minimum absolute atomic E-state index is 0.0611. The number of hydrogen-bond donors (Lipinski definition) is 0. The van der Waals surface area contributed by atoms with Gasteiger partial charge in [0, 0.05) is 19.3 Å². The average molecular weight is 990 g/mol. The second kappa shape index (κ2) is 58.3. The first-order valence-corrected chi connectivity index (χ1v) is 31.9. The molecule has 0 spiro atoms. The van der Waals surface area contributed by atoms with Gasteiger partial charge in [0.25, 0.3) is 0 Å². The predicted molar refractivity (Wildman–Crippen MR) is 303 cm³/mol. The largest absolute Gasteiger partial charge is 0.462 e. The molecule has 0 aliphatic heterocycles. The first-order valence-electron chi connectivity index (χ1n) is 31.9. The minimum atomic E-state index is -0.762. The van der Waals surface area contributed by atoms with Gasteiger partial charge >= 0.3 is 17.9 Å². The average Bonchev–Trinajstić information content (AvgIpc) is 3.35. The molecular weight excluding hydrogens is 865 g/mol. The fourth-order valence-electron chi connectivity index (χ4n) is 9.99. The molecule has 416 valence electrons. The molecule has 0 saturated heterocycles. The third-order valence-corrected chi connectivity index (χ3v) is 14.8. The zero-order valence-electron chi connectivity index (χ0n) is 48.0. The van der Waals surface area contributed by atoms with Crippen LogP contribution in [0.1, 0.15) is 368 Å². The van der Waals surface area contributed by atoms with Crippen LogP contribution in [0.15, 0.2) is 0 Å². The fraction of sp³-hybridized carbons (Fsp3) is 0.953. The maximum absolute atomic E-state index is 12.9. The Kier molecular flexibility index (Phi) is 57.0. The van der Waals surface area contributed by atoms with Crippen LogP contribution in [0.2, 0.25) is 0 Å². The van der Waals surface area contributed by atoms with Crippen molar-refractivity contribution in [3.05, 3.63) is 0 Å². The molecule has 0 aliphatic rings. The van der Waals surface area contributed by atoms with Crippen LogP contribution < -0.4 is 0 Å². The topological polar surface area (TPSA) is 78.9 Å². The number of carbonyl (C=O) groups excluding carboxylic acids is 3. The number of ether oxygens (including phenoxy) is 3. The molecule has 0 N–H and O–H groups in total. The Labute approximate surface area is 438 Å². The molecule has 0 bridgehead atoms. The van der Waals surface area contributed by atoms with Gasteiger partial charge in [0.2, 0.25) is 0 Å². The molecular formula is C64H124O6. The molecule has 0 radical (unpaired) electrons. The van der Waals surface area contributed by atoms with Gasteiger partial charge in [-0.25, -0.2) is 0 Å². The third kappa shape index (κ3) is 57.3. The highest BCUT2D eigenvalue weighted by atomic mass is 16.6. The zero-order valence-corrected chi connectivity index (χ0v) is 48.0. The van der Waals surface area contributed by atoms with Crippen LogP contribution in [0.25, 0.3) is 0 Å². The second-order valence-corrected chi connectivity index (χ2v) is 22.5. The molecule has 0 amide bonds. The van der Waals surface area contributed by atoms with Gasteiger partial charge in [0.15, 0.2) is 6.10 Å². The summed E-state index contributed by atoms with van der Waals surface area (Å²) in [7, 11) is 0. The van der Waals surface area contributed by atoms with Crippen molar-refractivity contribution in [2.75, 3.05) is 13.2 Å². The fourth-order valence-corrected chi connectivity index (χ4v) is 9.99. The van der Waals surface area contributed by atoms with E-state index in [0.29, 0.717) is 19.3 Å². The molecule has 0 heterocycles. The molecule has 0 fully saturated rings. The van der Waals surface area contributed by atoms with Crippen LogP contribution in [0.3, 0.4) is 0 Å². The lowest BCUT2D eigenvalue weighted by atomic mass is 10.0. The number of unbranched alkanes of at least 4 members (excludes halogenated alkanes) is 46.